The first kappa shape index (κ1) is 19.0. The largest absolute Gasteiger partial charge is 0.481 e. The predicted molar refractivity (Wildman–Crippen MR) is 104 cm³/mol. The molecule has 0 fully saturated rings. The van der Waals surface area contributed by atoms with Gasteiger partial charge >= 0.3 is 0 Å². The van der Waals surface area contributed by atoms with Crippen molar-refractivity contribution in [3.63, 3.8) is 0 Å². The summed E-state index contributed by atoms with van der Waals surface area (Å²) in [6.45, 7) is 3.63. The molecular formula is C17H15Br2ClN2O2. The Hall–Kier alpha value is -1.37. The van der Waals surface area contributed by atoms with Crippen molar-refractivity contribution in [1.29, 1.82) is 0 Å². The van der Waals surface area contributed by atoms with Gasteiger partial charge in [-0.2, -0.15) is 5.10 Å². The van der Waals surface area contributed by atoms with Gasteiger partial charge in [-0.1, -0.05) is 23.7 Å². The third-order valence-electron chi connectivity index (χ3n) is 3.10. The van der Waals surface area contributed by atoms with E-state index in [1.54, 1.807) is 19.1 Å². The standard InChI is InChI=1S/C17H15Br2ClN2O2/c1-10-7-14(18)17(15(19)8-10)24-9-16(23)22-21-11(2)12-3-5-13(20)6-4-12/h3-8H,9H2,1-2H3,(H,22,23)/b21-11-. The average Bonchev–Trinajstić information content (AvgIpc) is 2.52. The fourth-order valence-corrected chi connectivity index (χ4v) is 3.67. The number of halogens is 3. The van der Waals surface area contributed by atoms with E-state index < -0.39 is 0 Å². The molecule has 4 nitrogen and oxygen atoms in total. The van der Waals surface area contributed by atoms with Crippen LogP contribution in [-0.2, 0) is 4.79 Å². The van der Waals surface area contributed by atoms with Crippen LogP contribution in [0.5, 0.6) is 5.75 Å². The van der Waals surface area contributed by atoms with Crippen molar-refractivity contribution in [3.05, 3.63) is 61.5 Å². The Morgan fingerprint density at radius 3 is 2.38 bits per heavy atom. The number of carbonyl (C=O) groups excluding carboxylic acids is 1. The third kappa shape index (κ3) is 5.33. The molecule has 2 aromatic rings. The van der Waals surface area contributed by atoms with Crippen LogP contribution in [0.2, 0.25) is 5.02 Å². The summed E-state index contributed by atoms with van der Waals surface area (Å²) in [7, 11) is 0. The summed E-state index contributed by atoms with van der Waals surface area (Å²) in [5, 5.41) is 4.72. The topological polar surface area (TPSA) is 50.7 Å². The molecule has 0 atom stereocenters. The Labute approximate surface area is 162 Å². The second-order valence-electron chi connectivity index (χ2n) is 5.09. The van der Waals surface area contributed by atoms with Gasteiger partial charge in [0.15, 0.2) is 6.61 Å². The number of benzene rings is 2. The molecule has 0 aliphatic carbocycles. The first-order valence-corrected chi connectivity index (χ1v) is 9.00. The molecule has 0 unspecified atom stereocenters. The monoisotopic (exact) mass is 472 g/mol. The molecule has 0 heterocycles. The van der Waals surface area contributed by atoms with Gasteiger partial charge in [0.25, 0.3) is 5.91 Å². The molecule has 2 rings (SSSR count). The summed E-state index contributed by atoms with van der Waals surface area (Å²) in [4.78, 5) is 11.9. The van der Waals surface area contributed by atoms with Crippen molar-refractivity contribution in [3.8, 4) is 5.75 Å². The number of aryl methyl sites for hydroxylation is 1. The number of hydrazone groups is 1. The molecule has 0 aliphatic rings. The number of nitrogens with zero attached hydrogens (tertiary/aromatic N) is 1. The van der Waals surface area contributed by atoms with Gasteiger partial charge in [-0.15, -0.1) is 0 Å². The number of amides is 1. The van der Waals surface area contributed by atoms with Crippen LogP contribution in [-0.4, -0.2) is 18.2 Å². The van der Waals surface area contributed by atoms with Crippen LogP contribution in [0.3, 0.4) is 0 Å². The molecular weight excluding hydrogens is 459 g/mol. The fourth-order valence-electron chi connectivity index (χ4n) is 1.90. The van der Waals surface area contributed by atoms with Gasteiger partial charge in [0.05, 0.1) is 14.7 Å². The Morgan fingerprint density at radius 2 is 1.79 bits per heavy atom. The van der Waals surface area contributed by atoms with E-state index >= 15 is 0 Å². The molecule has 126 valence electrons. The van der Waals surface area contributed by atoms with E-state index in [-0.39, 0.29) is 12.5 Å². The summed E-state index contributed by atoms with van der Waals surface area (Å²) in [5.74, 6) is 0.233. The van der Waals surface area contributed by atoms with Crippen molar-refractivity contribution in [2.24, 2.45) is 5.10 Å². The third-order valence-corrected chi connectivity index (χ3v) is 4.53. The Morgan fingerprint density at radius 1 is 1.21 bits per heavy atom. The quantitative estimate of drug-likeness (QED) is 0.485. The summed E-state index contributed by atoms with van der Waals surface area (Å²) >= 11 is 12.7. The Bertz CT molecular complexity index is 754. The van der Waals surface area contributed by atoms with Crippen molar-refractivity contribution >= 4 is 55.1 Å². The van der Waals surface area contributed by atoms with E-state index in [0.717, 1.165) is 20.1 Å². The number of hydrogen-bond acceptors (Lipinski definition) is 3. The van der Waals surface area contributed by atoms with E-state index in [1.807, 2.05) is 31.2 Å². The minimum atomic E-state index is -0.345. The summed E-state index contributed by atoms with van der Waals surface area (Å²) < 4.78 is 7.11. The van der Waals surface area contributed by atoms with E-state index in [4.69, 9.17) is 16.3 Å². The Kier molecular flexibility index (Phi) is 6.83. The first-order valence-electron chi connectivity index (χ1n) is 7.04. The lowest BCUT2D eigenvalue weighted by Gasteiger charge is -2.10. The summed E-state index contributed by atoms with van der Waals surface area (Å²) in [5.41, 5.74) is 5.11. The molecule has 0 aromatic heterocycles. The zero-order valence-electron chi connectivity index (χ0n) is 13.1. The smallest absolute Gasteiger partial charge is 0.277 e. The minimum absolute atomic E-state index is 0.141. The summed E-state index contributed by atoms with van der Waals surface area (Å²) in [6.07, 6.45) is 0. The minimum Gasteiger partial charge on any atom is -0.481 e. The van der Waals surface area contributed by atoms with Crippen LogP contribution < -0.4 is 10.2 Å². The van der Waals surface area contributed by atoms with Gasteiger partial charge in [-0.3, -0.25) is 4.79 Å². The number of rotatable bonds is 5. The van der Waals surface area contributed by atoms with Gasteiger partial charge in [0, 0.05) is 5.02 Å². The predicted octanol–water partition coefficient (Wildman–Crippen LogP) is 5.09. The van der Waals surface area contributed by atoms with Gasteiger partial charge in [0.2, 0.25) is 0 Å². The highest BCUT2D eigenvalue weighted by Gasteiger charge is 2.10. The second kappa shape index (κ2) is 8.65. The maximum atomic E-state index is 11.9. The molecule has 7 heteroatoms. The van der Waals surface area contributed by atoms with E-state index in [9.17, 15) is 4.79 Å². The molecule has 0 aliphatic heterocycles. The van der Waals surface area contributed by atoms with Crippen LogP contribution in [0.4, 0.5) is 0 Å². The SMILES string of the molecule is C/C(=N/NC(=O)COc1c(Br)cc(C)cc1Br)c1ccc(Cl)cc1. The zero-order valence-corrected chi connectivity index (χ0v) is 17.0. The molecule has 1 N–H and O–H groups in total. The average molecular weight is 475 g/mol. The summed E-state index contributed by atoms with van der Waals surface area (Å²) in [6, 6.07) is 11.1. The van der Waals surface area contributed by atoms with Crippen LogP contribution in [0.15, 0.2) is 50.4 Å². The second-order valence-corrected chi connectivity index (χ2v) is 7.23. The fraction of sp³-hybridized carbons (Fsp3) is 0.176. The van der Waals surface area contributed by atoms with Crippen LogP contribution in [0.1, 0.15) is 18.1 Å². The normalized spacial score (nSPS) is 11.3. The number of ether oxygens (including phenoxy) is 1. The molecule has 0 spiro atoms. The van der Waals surface area contributed by atoms with Crippen LogP contribution >= 0.6 is 43.5 Å². The van der Waals surface area contributed by atoms with E-state index in [2.05, 4.69) is 42.4 Å². The number of hydrogen-bond donors (Lipinski definition) is 1. The number of carbonyl (C=O) groups is 1. The molecule has 0 saturated carbocycles. The zero-order chi connectivity index (χ0) is 17.7. The molecule has 0 saturated heterocycles. The van der Waals surface area contributed by atoms with Gasteiger partial charge in [-0.05, 0) is 81.1 Å². The van der Waals surface area contributed by atoms with Gasteiger partial charge in [-0.25, -0.2) is 5.43 Å². The molecule has 24 heavy (non-hydrogen) atoms. The van der Waals surface area contributed by atoms with Crippen molar-refractivity contribution in [2.75, 3.05) is 6.61 Å². The number of nitrogens with one attached hydrogen (secondary N) is 1. The van der Waals surface area contributed by atoms with Crippen LogP contribution in [0.25, 0.3) is 0 Å². The van der Waals surface area contributed by atoms with Crippen molar-refractivity contribution < 1.29 is 9.53 Å². The van der Waals surface area contributed by atoms with Crippen molar-refractivity contribution in [1.82, 2.24) is 5.43 Å². The molecule has 2 aromatic carbocycles. The highest BCUT2D eigenvalue weighted by Crippen LogP contribution is 2.34. The van der Waals surface area contributed by atoms with Gasteiger partial charge < -0.3 is 4.74 Å². The molecule has 0 bridgehead atoms. The lowest BCUT2D eigenvalue weighted by molar-refractivity contribution is -0.123. The molecule has 1 amide bonds. The maximum absolute atomic E-state index is 11.9. The lowest BCUT2D eigenvalue weighted by atomic mass is 10.1. The molecule has 0 radical (unpaired) electrons. The maximum Gasteiger partial charge on any atom is 0.277 e. The first-order chi connectivity index (χ1) is 11.4. The van der Waals surface area contributed by atoms with Crippen molar-refractivity contribution in [2.45, 2.75) is 13.8 Å². The van der Waals surface area contributed by atoms with E-state index in [0.29, 0.717) is 16.5 Å². The van der Waals surface area contributed by atoms with Crippen LogP contribution in [0, 0.1) is 6.92 Å². The Balaban J connectivity index is 1.94. The van der Waals surface area contributed by atoms with Gasteiger partial charge in [0.1, 0.15) is 5.75 Å². The lowest BCUT2D eigenvalue weighted by Crippen LogP contribution is -2.25. The highest BCUT2D eigenvalue weighted by molar-refractivity contribution is 9.11. The van der Waals surface area contributed by atoms with E-state index in [1.165, 1.54) is 0 Å². The highest BCUT2D eigenvalue weighted by atomic mass is 79.9.